The molecule has 87 heavy (non-hydrogen) atoms. The number of methoxy groups -OCH3 is 1. The lowest BCUT2D eigenvalue weighted by molar-refractivity contribution is -0.305. The van der Waals surface area contributed by atoms with E-state index in [1.807, 2.05) is 0 Å². The number of aliphatic hydroxyl groups excluding tert-OH is 10. The predicted octanol–water partition coefficient (Wildman–Crippen LogP) is 9.57. The van der Waals surface area contributed by atoms with Gasteiger partial charge in [-0.25, -0.2) is 0 Å². The molecule has 3 heterocycles. The summed E-state index contributed by atoms with van der Waals surface area (Å²) >= 11 is 0. The Morgan fingerprint density at radius 1 is 0.471 bits per heavy atom. The van der Waals surface area contributed by atoms with E-state index in [4.69, 9.17) is 18.9 Å². The standard InChI is InChI=1S/C69H136N4O14/c1-5-7-9-11-13-15-17-19-21-27-31-35-39-59(76)63(79)54(49-86-69-67(83)66(82)65(81)61(47-74)87-69)57-45-53(70-72-57)38-34-30-26-24-23-25-29-33-37-51-41-43-52(44-42-51)56-46-58(73-71-56)55(48-85-68(84-4)62(78)50(3)75)64(80)60(77)40-36-32-28-22-20-18-16-14-12-10-8-6-2/h50-83H,5-49H2,1-4H3/t50?,51?,52?,53?,54-,55-,56?,57?,58?,59-,60-,61?,62?,63+,64+,65?,66?,67?,68?,69?/m1/s1. The van der Waals surface area contributed by atoms with Gasteiger partial charge in [0.1, 0.15) is 30.5 Å². The van der Waals surface area contributed by atoms with Gasteiger partial charge < -0.3 is 70.0 Å². The number of aliphatic hydroxyl groups is 10. The van der Waals surface area contributed by atoms with Gasteiger partial charge in [-0.05, 0) is 63.7 Å². The topological polar surface area (TPSA) is 287 Å². The maximum Gasteiger partial charge on any atom is 0.186 e. The first-order valence-electron chi connectivity index (χ1n) is 36.4. The Labute approximate surface area is 528 Å². The zero-order chi connectivity index (χ0) is 63.0. The molecule has 0 bridgehead atoms. The van der Waals surface area contributed by atoms with Crippen molar-refractivity contribution in [2.45, 2.75) is 388 Å². The van der Waals surface area contributed by atoms with E-state index in [0.29, 0.717) is 18.8 Å². The summed E-state index contributed by atoms with van der Waals surface area (Å²) in [5, 5.41) is 108. The Morgan fingerprint density at radius 2 is 0.908 bits per heavy atom. The second-order valence-corrected chi connectivity index (χ2v) is 27.8. The lowest BCUT2D eigenvalue weighted by Gasteiger charge is -2.40. The summed E-state index contributed by atoms with van der Waals surface area (Å²) in [6.45, 7) is 5.43. The number of unbranched alkanes of at least 4 members (excludes halogenated alkanes) is 29. The van der Waals surface area contributed by atoms with Gasteiger partial charge in [0.05, 0.1) is 50.3 Å². The third-order valence-corrected chi connectivity index (χ3v) is 20.5. The van der Waals surface area contributed by atoms with Gasteiger partial charge >= 0.3 is 0 Å². The SMILES string of the molecule is CCCCCCCCCCCCCC[C@@H](O)[C@@H](O)[C@H](COC1OC(CO)C(O)C(O)C1O)C1CC(CCCCCCCCCCC2CCC(C3CC([C@@H](COC(OC)C(O)C(C)O)[C@H](O)[C@H](O)CCCCCCCCCCCCCC)NN3)CC2)NN1. The largest absolute Gasteiger partial charge is 0.394 e. The van der Waals surface area contributed by atoms with Crippen LogP contribution in [-0.4, -0.2) is 176 Å². The van der Waals surface area contributed by atoms with Crippen LogP contribution in [-0.2, 0) is 18.9 Å². The molecule has 18 nitrogen and oxygen atoms in total. The maximum atomic E-state index is 11.7. The van der Waals surface area contributed by atoms with Crippen LogP contribution in [0, 0.1) is 23.7 Å². The molecule has 0 radical (unpaired) electrons. The minimum absolute atomic E-state index is 0.0661. The molecule has 0 aromatic heterocycles. The lowest BCUT2D eigenvalue weighted by Crippen LogP contribution is -2.59. The third-order valence-electron chi connectivity index (χ3n) is 20.5. The maximum absolute atomic E-state index is 11.7. The van der Waals surface area contributed by atoms with Gasteiger partial charge in [0.25, 0.3) is 0 Å². The second-order valence-electron chi connectivity index (χ2n) is 27.8. The number of ether oxygens (including phenoxy) is 4. The van der Waals surface area contributed by atoms with E-state index in [9.17, 15) is 51.1 Å². The Balaban J connectivity index is 1.10. The van der Waals surface area contributed by atoms with E-state index in [0.717, 1.165) is 76.5 Å². The van der Waals surface area contributed by atoms with E-state index in [-0.39, 0.29) is 37.4 Å². The first-order valence-corrected chi connectivity index (χ1v) is 36.4. The van der Waals surface area contributed by atoms with Gasteiger partial charge in [-0.1, -0.05) is 239 Å². The molecule has 1 saturated carbocycles. The molecule has 4 aliphatic rings. The minimum Gasteiger partial charge on any atom is -0.394 e. The van der Waals surface area contributed by atoms with Crippen molar-refractivity contribution < 1.29 is 70.0 Å². The summed E-state index contributed by atoms with van der Waals surface area (Å²) in [6, 6.07) is 0.0821. The fourth-order valence-electron chi connectivity index (χ4n) is 14.4. The van der Waals surface area contributed by atoms with Gasteiger partial charge in [-0.2, -0.15) is 0 Å². The first kappa shape index (κ1) is 78.7. The van der Waals surface area contributed by atoms with E-state index in [1.54, 1.807) is 0 Å². The third kappa shape index (κ3) is 30.9. The Morgan fingerprint density at radius 3 is 1.38 bits per heavy atom. The molecule has 3 aliphatic heterocycles. The van der Waals surface area contributed by atoms with Crippen molar-refractivity contribution in [3.05, 3.63) is 0 Å². The smallest absolute Gasteiger partial charge is 0.186 e. The van der Waals surface area contributed by atoms with Crippen LogP contribution in [0.25, 0.3) is 0 Å². The summed E-state index contributed by atoms with van der Waals surface area (Å²) in [4.78, 5) is 0. The van der Waals surface area contributed by atoms with Crippen molar-refractivity contribution in [3.63, 3.8) is 0 Å². The molecule has 18 heteroatoms. The molecule has 3 saturated heterocycles. The summed E-state index contributed by atoms with van der Waals surface area (Å²) in [7, 11) is 1.43. The zero-order valence-electron chi connectivity index (χ0n) is 55.5. The van der Waals surface area contributed by atoms with Gasteiger partial charge in [0.2, 0.25) is 0 Å². The van der Waals surface area contributed by atoms with Crippen LogP contribution in [0.1, 0.15) is 290 Å². The van der Waals surface area contributed by atoms with Crippen LogP contribution in [0.5, 0.6) is 0 Å². The average Bonchev–Trinajstić information content (AvgIpc) is 3.53. The van der Waals surface area contributed by atoms with E-state index in [2.05, 4.69) is 35.6 Å². The Kier molecular flexibility index (Phi) is 43.5. The number of rotatable bonds is 54. The van der Waals surface area contributed by atoms with Gasteiger partial charge in [-0.15, -0.1) is 0 Å². The minimum atomic E-state index is -1.57. The van der Waals surface area contributed by atoms with Crippen molar-refractivity contribution in [3.8, 4) is 0 Å². The average molecular weight is 1250 g/mol. The van der Waals surface area contributed by atoms with Crippen molar-refractivity contribution >= 4 is 0 Å². The molecule has 0 aromatic rings. The highest BCUT2D eigenvalue weighted by atomic mass is 16.7. The second kappa shape index (κ2) is 48.0. The molecule has 4 fully saturated rings. The fourth-order valence-corrected chi connectivity index (χ4v) is 14.4. The number of hydrogen-bond acceptors (Lipinski definition) is 18. The molecule has 0 amide bonds. The molecule has 516 valence electrons. The summed E-state index contributed by atoms with van der Waals surface area (Å²) in [5.41, 5.74) is 13.9. The molecular formula is C69H136N4O14. The van der Waals surface area contributed by atoms with Crippen LogP contribution in [0.15, 0.2) is 0 Å². The molecule has 0 aromatic carbocycles. The molecule has 4 rings (SSSR count). The van der Waals surface area contributed by atoms with Crippen LogP contribution in [0.2, 0.25) is 0 Å². The van der Waals surface area contributed by atoms with Crippen molar-refractivity contribution in [2.75, 3.05) is 26.9 Å². The predicted molar refractivity (Wildman–Crippen MR) is 345 cm³/mol. The quantitative estimate of drug-likeness (QED) is 0.0199. The first-order chi connectivity index (χ1) is 42.2. The van der Waals surface area contributed by atoms with Crippen LogP contribution < -0.4 is 21.7 Å². The fraction of sp³-hybridized carbons (Fsp3) is 1.00. The summed E-state index contributed by atoms with van der Waals surface area (Å²) < 4.78 is 23.1. The number of hydrazine groups is 2. The molecular weight excluding hydrogens is 1110 g/mol. The summed E-state index contributed by atoms with van der Waals surface area (Å²) in [6.07, 6.45) is 34.4. The molecule has 18 atom stereocenters. The molecule has 0 spiro atoms. The van der Waals surface area contributed by atoms with Crippen molar-refractivity contribution in [2.24, 2.45) is 23.7 Å². The summed E-state index contributed by atoms with van der Waals surface area (Å²) in [5.74, 6) is 0.294. The zero-order valence-corrected chi connectivity index (χ0v) is 55.5. The van der Waals surface area contributed by atoms with E-state index < -0.39 is 92.1 Å². The Hall–Kier alpha value is -0.720. The Bertz CT molecular complexity index is 1610. The highest BCUT2D eigenvalue weighted by Crippen LogP contribution is 2.37. The number of hydrogen-bond donors (Lipinski definition) is 14. The lowest BCUT2D eigenvalue weighted by atomic mass is 9.75. The van der Waals surface area contributed by atoms with Crippen LogP contribution in [0.3, 0.4) is 0 Å². The number of nitrogens with one attached hydrogen (secondary N) is 4. The molecule has 12 unspecified atom stereocenters. The van der Waals surface area contributed by atoms with E-state index in [1.165, 1.54) is 200 Å². The van der Waals surface area contributed by atoms with Gasteiger partial charge in [0.15, 0.2) is 12.6 Å². The van der Waals surface area contributed by atoms with Crippen LogP contribution in [0.4, 0.5) is 0 Å². The van der Waals surface area contributed by atoms with E-state index >= 15 is 0 Å². The van der Waals surface area contributed by atoms with Crippen LogP contribution >= 0.6 is 0 Å². The normalized spacial score (nSPS) is 28.6. The molecule has 1 aliphatic carbocycles. The van der Waals surface area contributed by atoms with Gasteiger partial charge in [-0.3, -0.25) is 21.7 Å². The highest BCUT2D eigenvalue weighted by molar-refractivity contribution is 4.96. The van der Waals surface area contributed by atoms with Crippen molar-refractivity contribution in [1.82, 2.24) is 21.7 Å². The van der Waals surface area contributed by atoms with Crippen molar-refractivity contribution in [1.29, 1.82) is 0 Å². The monoisotopic (exact) mass is 1250 g/mol. The molecule has 14 N–H and O–H groups in total. The van der Waals surface area contributed by atoms with Gasteiger partial charge in [0, 0.05) is 43.1 Å². The highest BCUT2D eigenvalue weighted by Gasteiger charge is 2.46.